The summed E-state index contributed by atoms with van der Waals surface area (Å²) in [5.74, 6) is 0.637. The Hall–Kier alpha value is -1.00. The molecule has 8 atom stereocenters. The van der Waals surface area contributed by atoms with E-state index in [2.05, 4.69) is 6.92 Å². The zero-order valence-electron chi connectivity index (χ0n) is 16.4. The van der Waals surface area contributed by atoms with Crippen molar-refractivity contribution in [3.05, 3.63) is 11.6 Å². The third-order valence-corrected chi connectivity index (χ3v) is 9.01. The number of allylic oxidation sites excluding steroid dienone is 1. The Balaban J connectivity index is 1.78. The molecule has 3 fully saturated rings. The third-order valence-electron chi connectivity index (χ3n) is 9.01. The van der Waals surface area contributed by atoms with E-state index in [0.29, 0.717) is 18.8 Å². The van der Waals surface area contributed by atoms with Crippen molar-refractivity contribution in [2.75, 3.05) is 0 Å². The minimum Gasteiger partial charge on any atom is -0.393 e. The van der Waals surface area contributed by atoms with Gasteiger partial charge in [0.1, 0.15) is 5.60 Å². The average Bonchev–Trinajstić information content (AvgIpc) is 2.76. The maximum Gasteiger partial charge on any atom is 0.162 e. The zero-order valence-corrected chi connectivity index (χ0v) is 16.4. The molecule has 4 nitrogen and oxygen atoms in total. The van der Waals surface area contributed by atoms with Crippen molar-refractivity contribution in [3.63, 3.8) is 0 Å². The molecule has 0 amide bonds. The highest BCUT2D eigenvalue weighted by Crippen LogP contribution is 2.68. The Bertz CT molecular complexity index is 696. The number of Topliss-reactive ketones (excluding diaryl/α,β-unsaturated/α-hetero) is 1. The average molecular weight is 360 g/mol. The first kappa shape index (κ1) is 18.4. The molecular formula is C22H32O4. The Labute approximate surface area is 156 Å². The zero-order chi connectivity index (χ0) is 19.1. The Morgan fingerprint density at radius 3 is 2.62 bits per heavy atom. The van der Waals surface area contributed by atoms with Crippen molar-refractivity contribution < 1.29 is 19.8 Å². The summed E-state index contributed by atoms with van der Waals surface area (Å²) < 4.78 is 0. The van der Waals surface area contributed by atoms with Crippen LogP contribution in [0.5, 0.6) is 0 Å². The summed E-state index contributed by atoms with van der Waals surface area (Å²) in [6, 6.07) is 0. The molecule has 0 spiro atoms. The monoisotopic (exact) mass is 360 g/mol. The lowest BCUT2D eigenvalue weighted by molar-refractivity contribution is -0.183. The number of hydrogen-bond donors (Lipinski definition) is 2. The van der Waals surface area contributed by atoms with E-state index in [1.165, 1.54) is 12.5 Å². The van der Waals surface area contributed by atoms with Gasteiger partial charge in [0.25, 0.3) is 0 Å². The van der Waals surface area contributed by atoms with Gasteiger partial charge >= 0.3 is 0 Å². The fraction of sp³-hybridized carbons (Fsp3) is 0.818. The van der Waals surface area contributed by atoms with Crippen molar-refractivity contribution in [1.29, 1.82) is 0 Å². The van der Waals surface area contributed by atoms with E-state index >= 15 is 0 Å². The molecule has 4 heteroatoms. The molecule has 4 rings (SSSR count). The summed E-state index contributed by atoms with van der Waals surface area (Å²) >= 11 is 0. The number of ketones is 2. The van der Waals surface area contributed by atoms with E-state index in [-0.39, 0.29) is 34.7 Å². The summed E-state index contributed by atoms with van der Waals surface area (Å²) in [6.45, 7) is 7.74. The van der Waals surface area contributed by atoms with Crippen LogP contribution in [-0.4, -0.2) is 33.5 Å². The van der Waals surface area contributed by atoms with Crippen LogP contribution in [0, 0.1) is 34.5 Å². The van der Waals surface area contributed by atoms with Crippen LogP contribution in [0.15, 0.2) is 11.6 Å². The van der Waals surface area contributed by atoms with Crippen LogP contribution >= 0.6 is 0 Å². The molecule has 4 aliphatic carbocycles. The first-order valence-corrected chi connectivity index (χ1v) is 10.2. The lowest BCUT2D eigenvalue weighted by Crippen LogP contribution is -2.62. The van der Waals surface area contributed by atoms with Gasteiger partial charge in [-0.1, -0.05) is 26.3 Å². The van der Waals surface area contributed by atoms with Gasteiger partial charge in [0, 0.05) is 11.8 Å². The second kappa shape index (κ2) is 5.51. The van der Waals surface area contributed by atoms with Gasteiger partial charge in [-0.05, 0) is 74.2 Å². The van der Waals surface area contributed by atoms with Crippen LogP contribution in [0.1, 0.15) is 66.2 Å². The Morgan fingerprint density at radius 2 is 1.96 bits per heavy atom. The maximum atomic E-state index is 12.5. The van der Waals surface area contributed by atoms with E-state index in [1.54, 1.807) is 0 Å². The molecule has 0 unspecified atom stereocenters. The molecule has 4 aliphatic rings. The van der Waals surface area contributed by atoms with Crippen molar-refractivity contribution in [2.45, 2.75) is 77.9 Å². The molecule has 144 valence electrons. The van der Waals surface area contributed by atoms with E-state index in [0.717, 1.165) is 25.7 Å². The van der Waals surface area contributed by atoms with Gasteiger partial charge in [0.05, 0.1) is 6.10 Å². The number of carbonyl (C=O) groups is 2. The van der Waals surface area contributed by atoms with Crippen LogP contribution in [0.2, 0.25) is 0 Å². The predicted octanol–water partition coefficient (Wildman–Crippen LogP) is 3.06. The largest absolute Gasteiger partial charge is 0.393 e. The number of fused-ring (bicyclic) bond motifs is 5. The second-order valence-corrected chi connectivity index (χ2v) is 10.0. The van der Waals surface area contributed by atoms with Gasteiger partial charge in [-0.3, -0.25) is 9.59 Å². The van der Waals surface area contributed by atoms with Crippen molar-refractivity contribution >= 4 is 11.6 Å². The number of aliphatic hydroxyl groups is 2. The topological polar surface area (TPSA) is 74.6 Å². The summed E-state index contributed by atoms with van der Waals surface area (Å²) in [5, 5.41) is 22.7. The number of rotatable bonds is 1. The maximum absolute atomic E-state index is 12.5. The fourth-order valence-corrected chi connectivity index (χ4v) is 7.77. The summed E-state index contributed by atoms with van der Waals surface area (Å²) in [7, 11) is 0. The summed E-state index contributed by atoms with van der Waals surface area (Å²) in [5.41, 5.74) is -0.826. The third kappa shape index (κ3) is 2.03. The van der Waals surface area contributed by atoms with Crippen LogP contribution in [0.3, 0.4) is 0 Å². The predicted molar refractivity (Wildman–Crippen MR) is 98.3 cm³/mol. The minimum absolute atomic E-state index is 0.0846. The van der Waals surface area contributed by atoms with Gasteiger partial charge in [0.2, 0.25) is 0 Å². The van der Waals surface area contributed by atoms with Crippen molar-refractivity contribution in [1.82, 2.24) is 0 Å². The van der Waals surface area contributed by atoms with E-state index in [4.69, 9.17) is 0 Å². The molecule has 0 saturated heterocycles. The normalized spacial score (nSPS) is 53.4. The molecule has 0 aliphatic heterocycles. The molecule has 0 aromatic rings. The summed E-state index contributed by atoms with van der Waals surface area (Å²) in [6.07, 6.45) is 5.82. The molecule has 0 aromatic carbocycles. The van der Waals surface area contributed by atoms with E-state index in [1.807, 2.05) is 19.9 Å². The quantitative estimate of drug-likeness (QED) is 0.754. The van der Waals surface area contributed by atoms with Crippen LogP contribution in [0.4, 0.5) is 0 Å². The molecule has 26 heavy (non-hydrogen) atoms. The fourth-order valence-electron chi connectivity index (χ4n) is 7.77. The summed E-state index contributed by atoms with van der Waals surface area (Å²) in [4.78, 5) is 24.4. The van der Waals surface area contributed by atoms with Crippen LogP contribution < -0.4 is 0 Å². The number of aliphatic hydroxyl groups excluding tert-OH is 1. The lowest BCUT2D eigenvalue weighted by atomic mass is 9.45. The minimum atomic E-state index is -1.34. The highest BCUT2D eigenvalue weighted by molar-refractivity contribution is 5.91. The molecule has 0 bridgehead atoms. The van der Waals surface area contributed by atoms with E-state index in [9.17, 15) is 19.8 Å². The molecule has 0 heterocycles. The smallest absolute Gasteiger partial charge is 0.162 e. The SMILES string of the molecule is CC(=O)[C@@]1(O)[C@@H](C)C[C@H]2[C@@H]3CCC4=CC(=O)CC[C@]4(C)[C@H]3[C@H](O)C[C@@]21C. The first-order valence-electron chi connectivity index (χ1n) is 10.2. The highest BCUT2D eigenvalue weighted by atomic mass is 16.3. The van der Waals surface area contributed by atoms with Gasteiger partial charge in [-0.25, -0.2) is 0 Å². The number of carbonyl (C=O) groups excluding carboxylic acids is 2. The molecule has 0 aromatic heterocycles. The van der Waals surface area contributed by atoms with E-state index < -0.39 is 17.1 Å². The lowest BCUT2D eigenvalue weighted by Gasteiger charge is -2.60. The van der Waals surface area contributed by atoms with Crippen molar-refractivity contribution in [2.24, 2.45) is 34.5 Å². The Morgan fingerprint density at radius 1 is 1.27 bits per heavy atom. The van der Waals surface area contributed by atoms with Gasteiger partial charge in [-0.2, -0.15) is 0 Å². The highest BCUT2D eigenvalue weighted by Gasteiger charge is 2.69. The second-order valence-electron chi connectivity index (χ2n) is 10.0. The van der Waals surface area contributed by atoms with Gasteiger partial charge < -0.3 is 10.2 Å². The molecular weight excluding hydrogens is 328 g/mol. The Kier molecular flexibility index (Phi) is 3.89. The van der Waals surface area contributed by atoms with Gasteiger partial charge in [-0.15, -0.1) is 0 Å². The molecule has 2 N–H and O–H groups in total. The number of hydrogen-bond acceptors (Lipinski definition) is 4. The molecule has 0 radical (unpaired) electrons. The van der Waals surface area contributed by atoms with Crippen LogP contribution in [-0.2, 0) is 9.59 Å². The molecule has 3 saturated carbocycles. The van der Waals surface area contributed by atoms with Crippen molar-refractivity contribution in [3.8, 4) is 0 Å². The standard InChI is InChI=1S/C22H32O4/c1-12-9-17-16-6-5-14-10-15(24)7-8-20(14,3)19(16)18(25)11-21(17,4)22(12,26)13(2)23/h10,12,16-19,25-26H,5-9,11H2,1-4H3/t12-,16-,17-,18+,19+,20-,21-,22-/m0/s1. The van der Waals surface area contributed by atoms with Crippen LogP contribution in [0.25, 0.3) is 0 Å². The van der Waals surface area contributed by atoms with Gasteiger partial charge in [0.15, 0.2) is 11.6 Å². The first-order chi connectivity index (χ1) is 12.1.